The van der Waals surface area contributed by atoms with E-state index in [9.17, 15) is 18.0 Å². The molecule has 28 heavy (non-hydrogen) atoms. The number of hydrogen-bond acceptors (Lipinski definition) is 4. The minimum atomic E-state index is -3.60. The number of aryl methyl sites for hydroxylation is 1. The van der Waals surface area contributed by atoms with E-state index in [0.717, 1.165) is 12.0 Å². The molecule has 1 N–H and O–H groups in total. The Balaban J connectivity index is 1.90. The number of carbonyl (C=O) groups excluding carboxylic acids is 2. The molecule has 0 radical (unpaired) electrons. The SMILES string of the molecule is CCc1ccccc1NC(=O)CN(C)C(=O)CCS(=O)(=O)c1ccc(Cl)cc1. The Bertz CT molecular complexity index is 943. The quantitative estimate of drug-likeness (QED) is 0.708. The number of sulfone groups is 1. The molecule has 0 unspecified atom stereocenters. The summed E-state index contributed by atoms with van der Waals surface area (Å²) in [4.78, 5) is 25.8. The number of hydrogen-bond donors (Lipinski definition) is 1. The number of para-hydroxylation sites is 1. The maximum Gasteiger partial charge on any atom is 0.243 e. The maximum absolute atomic E-state index is 12.3. The molecule has 2 aromatic rings. The highest BCUT2D eigenvalue weighted by atomic mass is 35.5. The van der Waals surface area contributed by atoms with Gasteiger partial charge in [0.05, 0.1) is 17.2 Å². The van der Waals surface area contributed by atoms with Crippen molar-refractivity contribution in [2.24, 2.45) is 0 Å². The van der Waals surface area contributed by atoms with Crippen LogP contribution in [0.4, 0.5) is 5.69 Å². The first kappa shape index (κ1) is 21.9. The van der Waals surface area contributed by atoms with E-state index in [2.05, 4.69) is 5.32 Å². The van der Waals surface area contributed by atoms with Gasteiger partial charge in [-0.15, -0.1) is 0 Å². The Morgan fingerprint density at radius 1 is 1.07 bits per heavy atom. The van der Waals surface area contributed by atoms with Crippen LogP contribution in [-0.4, -0.2) is 44.5 Å². The minimum Gasteiger partial charge on any atom is -0.336 e. The van der Waals surface area contributed by atoms with Gasteiger partial charge in [-0.05, 0) is 42.3 Å². The van der Waals surface area contributed by atoms with Crippen molar-refractivity contribution in [3.63, 3.8) is 0 Å². The predicted molar refractivity (Wildman–Crippen MR) is 110 cm³/mol. The number of nitrogens with one attached hydrogen (secondary N) is 1. The van der Waals surface area contributed by atoms with Crippen molar-refractivity contribution in [1.82, 2.24) is 4.90 Å². The van der Waals surface area contributed by atoms with Crippen molar-refractivity contribution in [1.29, 1.82) is 0 Å². The third-order valence-electron chi connectivity index (χ3n) is 4.24. The number of amides is 2. The minimum absolute atomic E-state index is 0.112. The fourth-order valence-corrected chi connectivity index (χ4v) is 3.97. The van der Waals surface area contributed by atoms with Gasteiger partial charge in [-0.2, -0.15) is 0 Å². The molecule has 0 saturated heterocycles. The van der Waals surface area contributed by atoms with Crippen LogP contribution < -0.4 is 5.32 Å². The van der Waals surface area contributed by atoms with Gasteiger partial charge in [0.15, 0.2) is 9.84 Å². The average molecular weight is 423 g/mol. The third kappa shape index (κ3) is 6.07. The lowest BCUT2D eigenvalue weighted by molar-refractivity contribution is -0.132. The van der Waals surface area contributed by atoms with Gasteiger partial charge in [-0.1, -0.05) is 36.7 Å². The molecule has 0 saturated carbocycles. The number of anilines is 1. The van der Waals surface area contributed by atoms with E-state index >= 15 is 0 Å². The van der Waals surface area contributed by atoms with Crippen LogP contribution in [0.5, 0.6) is 0 Å². The molecule has 0 aliphatic rings. The Kier molecular flexibility index (Phi) is 7.60. The predicted octanol–water partition coefficient (Wildman–Crippen LogP) is 3.16. The second-order valence-electron chi connectivity index (χ2n) is 6.33. The van der Waals surface area contributed by atoms with Crippen molar-refractivity contribution < 1.29 is 18.0 Å². The summed E-state index contributed by atoms with van der Waals surface area (Å²) in [5.41, 5.74) is 1.71. The van der Waals surface area contributed by atoms with E-state index in [1.54, 1.807) is 6.07 Å². The average Bonchev–Trinajstić information content (AvgIpc) is 2.66. The molecule has 150 valence electrons. The van der Waals surface area contributed by atoms with Gasteiger partial charge in [0.2, 0.25) is 11.8 Å². The Morgan fingerprint density at radius 3 is 2.36 bits per heavy atom. The summed E-state index contributed by atoms with van der Waals surface area (Å²) in [6.07, 6.45) is 0.564. The number of halogens is 1. The maximum atomic E-state index is 12.3. The Labute approximate surface area is 170 Å². The Morgan fingerprint density at radius 2 is 1.71 bits per heavy atom. The van der Waals surface area contributed by atoms with Crippen LogP contribution in [0.1, 0.15) is 18.9 Å². The first-order valence-corrected chi connectivity index (χ1v) is 10.9. The molecule has 6 nitrogen and oxygen atoms in total. The molecule has 0 bridgehead atoms. The molecule has 0 aliphatic carbocycles. The van der Waals surface area contributed by atoms with Crippen LogP contribution in [0, 0.1) is 0 Å². The molecule has 2 aromatic carbocycles. The van der Waals surface area contributed by atoms with Gasteiger partial charge >= 0.3 is 0 Å². The summed E-state index contributed by atoms with van der Waals surface area (Å²) in [7, 11) is -2.12. The summed E-state index contributed by atoms with van der Waals surface area (Å²) in [5, 5.41) is 3.22. The number of benzene rings is 2. The molecule has 0 heterocycles. The summed E-state index contributed by atoms with van der Waals surface area (Å²) in [6, 6.07) is 13.2. The van der Waals surface area contributed by atoms with Gasteiger partial charge in [-0.3, -0.25) is 9.59 Å². The molecule has 2 amide bonds. The van der Waals surface area contributed by atoms with E-state index < -0.39 is 15.7 Å². The highest BCUT2D eigenvalue weighted by Crippen LogP contribution is 2.17. The lowest BCUT2D eigenvalue weighted by atomic mass is 10.1. The second-order valence-corrected chi connectivity index (χ2v) is 8.88. The normalized spacial score (nSPS) is 11.1. The standard InChI is InChI=1S/C20H23ClN2O4S/c1-3-15-6-4-5-7-18(15)22-19(24)14-23(2)20(25)12-13-28(26,27)17-10-8-16(21)9-11-17/h4-11H,3,12-14H2,1-2H3,(H,22,24). The van der Waals surface area contributed by atoms with Crippen molar-refractivity contribution in [2.75, 3.05) is 24.7 Å². The first-order chi connectivity index (χ1) is 13.2. The van der Waals surface area contributed by atoms with Gasteiger partial charge < -0.3 is 10.2 Å². The van der Waals surface area contributed by atoms with Crippen molar-refractivity contribution in [2.45, 2.75) is 24.7 Å². The van der Waals surface area contributed by atoms with Gasteiger partial charge in [-0.25, -0.2) is 8.42 Å². The number of likely N-dealkylation sites (N-methyl/N-ethyl adjacent to an activating group) is 1. The van der Waals surface area contributed by atoms with Gasteiger partial charge in [0.25, 0.3) is 0 Å². The lowest BCUT2D eigenvalue weighted by Crippen LogP contribution is -2.35. The van der Waals surface area contributed by atoms with Crippen LogP contribution in [0.15, 0.2) is 53.4 Å². The van der Waals surface area contributed by atoms with E-state index in [-0.39, 0.29) is 29.5 Å². The van der Waals surface area contributed by atoms with Crippen LogP contribution in [0.2, 0.25) is 5.02 Å². The van der Waals surface area contributed by atoms with Gasteiger partial charge in [0, 0.05) is 24.2 Å². The fraction of sp³-hybridized carbons (Fsp3) is 0.300. The molecule has 0 aromatic heterocycles. The zero-order valence-electron chi connectivity index (χ0n) is 15.8. The van der Waals surface area contributed by atoms with Crippen molar-refractivity contribution in [3.8, 4) is 0 Å². The van der Waals surface area contributed by atoms with Crippen molar-refractivity contribution in [3.05, 3.63) is 59.1 Å². The highest BCUT2D eigenvalue weighted by Gasteiger charge is 2.19. The van der Waals surface area contributed by atoms with E-state index in [4.69, 9.17) is 11.6 Å². The largest absolute Gasteiger partial charge is 0.336 e. The smallest absolute Gasteiger partial charge is 0.243 e. The highest BCUT2D eigenvalue weighted by molar-refractivity contribution is 7.91. The summed E-state index contributed by atoms with van der Waals surface area (Å²) in [6.45, 7) is 1.83. The molecular formula is C20H23ClN2O4S. The lowest BCUT2D eigenvalue weighted by Gasteiger charge is -2.17. The monoisotopic (exact) mass is 422 g/mol. The molecule has 0 aliphatic heterocycles. The van der Waals surface area contributed by atoms with Crippen LogP contribution in [-0.2, 0) is 25.8 Å². The summed E-state index contributed by atoms with van der Waals surface area (Å²) < 4.78 is 24.6. The van der Waals surface area contributed by atoms with E-state index in [1.807, 2.05) is 25.1 Å². The second kappa shape index (κ2) is 9.71. The van der Waals surface area contributed by atoms with Gasteiger partial charge in [0.1, 0.15) is 0 Å². The van der Waals surface area contributed by atoms with Crippen LogP contribution >= 0.6 is 11.6 Å². The fourth-order valence-electron chi connectivity index (χ4n) is 2.62. The molecule has 0 fully saturated rings. The van der Waals surface area contributed by atoms with Crippen LogP contribution in [0.3, 0.4) is 0 Å². The zero-order valence-corrected chi connectivity index (χ0v) is 17.4. The van der Waals surface area contributed by atoms with Crippen molar-refractivity contribution >= 4 is 38.9 Å². The molecular weight excluding hydrogens is 400 g/mol. The molecule has 8 heteroatoms. The zero-order chi connectivity index (χ0) is 20.7. The first-order valence-electron chi connectivity index (χ1n) is 8.83. The summed E-state index contributed by atoms with van der Waals surface area (Å²) in [5.74, 6) is -1.09. The van der Waals surface area contributed by atoms with E-state index in [0.29, 0.717) is 10.7 Å². The van der Waals surface area contributed by atoms with E-state index in [1.165, 1.54) is 36.2 Å². The number of rotatable bonds is 8. The molecule has 0 spiro atoms. The number of carbonyl (C=O) groups is 2. The summed E-state index contributed by atoms with van der Waals surface area (Å²) >= 11 is 5.76. The van der Waals surface area contributed by atoms with Crippen LogP contribution in [0.25, 0.3) is 0 Å². The molecule has 0 atom stereocenters. The topological polar surface area (TPSA) is 83.6 Å². The Hall–Kier alpha value is -2.38. The number of nitrogens with zero attached hydrogens (tertiary/aromatic N) is 1. The third-order valence-corrected chi connectivity index (χ3v) is 6.22. The molecule has 2 rings (SSSR count).